The van der Waals surface area contributed by atoms with Crippen molar-refractivity contribution in [2.24, 2.45) is 0 Å². The van der Waals surface area contributed by atoms with E-state index in [2.05, 4.69) is 15.6 Å². The number of ether oxygens (including phenoxy) is 1. The lowest BCUT2D eigenvalue weighted by Crippen LogP contribution is -2.29. The molecule has 0 saturated carbocycles. The molecule has 0 aliphatic heterocycles. The van der Waals surface area contributed by atoms with Crippen LogP contribution in [0.25, 0.3) is 0 Å². The lowest BCUT2D eigenvalue weighted by molar-refractivity contribution is -0.121. The zero-order chi connectivity index (χ0) is 13.2. The fraction of sp³-hybridized carbons (Fsp3) is 0.667. The molecule has 1 rings (SSSR count). The van der Waals surface area contributed by atoms with Crippen molar-refractivity contribution in [2.75, 3.05) is 26.8 Å². The van der Waals surface area contributed by atoms with Gasteiger partial charge in [0, 0.05) is 32.6 Å². The number of aromatic nitrogens is 2. The Hall–Kier alpha value is -1.40. The van der Waals surface area contributed by atoms with Crippen LogP contribution in [0, 0.1) is 0 Å². The molecule has 1 amide bonds. The second-order valence-corrected chi connectivity index (χ2v) is 3.99. The van der Waals surface area contributed by atoms with Gasteiger partial charge in [-0.3, -0.25) is 4.79 Å². The summed E-state index contributed by atoms with van der Waals surface area (Å²) in [7, 11) is 1.67. The number of imidazole rings is 1. The lowest BCUT2D eigenvalue weighted by Gasteiger charge is -2.09. The average Bonchev–Trinajstić information content (AvgIpc) is 2.79. The Balaban J connectivity index is 2.37. The molecule has 0 radical (unpaired) electrons. The smallest absolute Gasteiger partial charge is 0.239 e. The molecule has 0 aliphatic rings. The third kappa shape index (κ3) is 5.29. The van der Waals surface area contributed by atoms with Gasteiger partial charge >= 0.3 is 0 Å². The molecule has 1 heterocycles. The van der Waals surface area contributed by atoms with Crippen LogP contribution < -0.4 is 10.6 Å². The lowest BCUT2D eigenvalue weighted by atomic mass is 10.4. The van der Waals surface area contributed by atoms with Gasteiger partial charge in [-0.2, -0.15) is 0 Å². The molecule has 102 valence electrons. The van der Waals surface area contributed by atoms with Crippen LogP contribution >= 0.6 is 0 Å². The monoisotopic (exact) mass is 254 g/mol. The van der Waals surface area contributed by atoms with Gasteiger partial charge in [-0.1, -0.05) is 6.92 Å². The molecule has 6 nitrogen and oxygen atoms in total. The fourth-order valence-corrected chi connectivity index (χ4v) is 1.50. The number of nitrogens with zero attached hydrogens (tertiary/aromatic N) is 2. The van der Waals surface area contributed by atoms with E-state index in [1.54, 1.807) is 13.3 Å². The third-order valence-corrected chi connectivity index (χ3v) is 2.45. The maximum Gasteiger partial charge on any atom is 0.239 e. The highest BCUT2D eigenvalue weighted by atomic mass is 16.5. The molecule has 0 saturated heterocycles. The minimum Gasteiger partial charge on any atom is -0.383 e. The molecule has 0 spiro atoms. The summed E-state index contributed by atoms with van der Waals surface area (Å²) in [6.07, 6.45) is 4.47. The Morgan fingerprint density at radius 2 is 2.33 bits per heavy atom. The Morgan fingerprint density at radius 1 is 1.50 bits per heavy atom. The van der Waals surface area contributed by atoms with Gasteiger partial charge in [-0.25, -0.2) is 4.98 Å². The van der Waals surface area contributed by atoms with Crippen molar-refractivity contribution in [3.05, 3.63) is 18.2 Å². The van der Waals surface area contributed by atoms with Gasteiger partial charge in [0.2, 0.25) is 5.91 Å². The van der Waals surface area contributed by atoms with Crippen LogP contribution in [0.1, 0.15) is 19.2 Å². The Labute approximate surface area is 108 Å². The van der Waals surface area contributed by atoms with Gasteiger partial charge in [0.1, 0.15) is 12.4 Å². The number of nitrogens with one attached hydrogen (secondary N) is 2. The Bertz CT molecular complexity index is 352. The molecule has 0 bridgehead atoms. The number of rotatable bonds is 9. The van der Waals surface area contributed by atoms with E-state index in [-0.39, 0.29) is 5.91 Å². The number of hydrogen-bond donors (Lipinski definition) is 2. The van der Waals surface area contributed by atoms with E-state index >= 15 is 0 Å². The number of carbonyl (C=O) groups excluding carboxylic acids is 1. The molecule has 0 aliphatic carbocycles. The molecule has 1 aromatic rings. The summed E-state index contributed by atoms with van der Waals surface area (Å²) < 4.78 is 6.80. The van der Waals surface area contributed by atoms with Crippen molar-refractivity contribution in [1.82, 2.24) is 20.2 Å². The van der Waals surface area contributed by atoms with Crippen molar-refractivity contribution >= 4 is 5.91 Å². The van der Waals surface area contributed by atoms with Gasteiger partial charge in [0.25, 0.3) is 0 Å². The van der Waals surface area contributed by atoms with Crippen LogP contribution in [0.2, 0.25) is 0 Å². The first-order chi connectivity index (χ1) is 8.77. The van der Waals surface area contributed by atoms with Crippen molar-refractivity contribution in [3.8, 4) is 0 Å². The molecule has 0 aromatic carbocycles. The largest absolute Gasteiger partial charge is 0.383 e. The molecule has 0 atom stereocenters. The van der Waals surface area contributed by atoms with Crippen molar-refractivity contribution in [1.29, 1.82) is 0 Å². The summed E-state index contributed by atoms with van der Waals surface area (Å²) in [6.45, 7) is 5.14. The van der Waals surface area contributed by atoms with Gasteiger partial charge < -0.3 is 19.9 Å². The van der Waals surface area contributed by atoms with Crippen molar-refractivity contribution < 1.29 is 9.53 Å². The third-order valence-electron chi connectivity index (χ3n) is 2.45. The van der Waals surface area contributed by atoms with Crippen molar-refractivity contribution in [2.45, 2.75) is 26.4 Å². The second-order valence-electron chi connectivity index (χ2n) is 3.99. The first-order valence-corrected chi connectivity index (χ1v) is 6.24. The summed E-state index contributed by atoms with van der Waals surface area (Å²) in [5.41, 5.74) is 0. The molecule has 1 aromatic heterocycles. The van der Waals surface area contributed by atoms with E-state index in [9.17, 15) is 4.79 Å². The highest BCUT2D eigenvalue weighted by Gasteiger charge is 2.06. The molecule has 2 N–H and O–H groups in total. The fourth-order valence-electron chi connectivity index (χ4n) is 1.50. The van der Waals surface area contributed by atoms with E-state index in [0.717, 1.165) is 25.3 Å². The van der Waals surface area contributed by atoms with E-state index in [0.29, 0.717) is 19.7 Å². The molecule has 0 unspecified atom stereocenters. The molecular formula is C12H22N4O2. The molecule has 6 heteroatoms. The normalized spacial score (nSPS) is 10.6. The average molecular weight is 254 g/mol. The first-order valence-electron chi connectivity index (χ1n) is 6.24. The van der Waals surface area contributed by atoms with Gasteiger partial charge in [-0.05, 0) is 6.42 Å². The summed E-state index contributed by atoms with van der Waals surface area (Å²) >= 11 is 0. The standard InChI is InChI=1S/C12H22N4O2/c1-3-4-15-12(17)10-16-7-5-14-11(16)9-13-6-8-18-2/h5,7,13H,3-4,6,8-10H2,1-2H3,(H,15,17). The second kappa shape index (κ2) is 8.66. The minimum atomic E-state index is 0.0213. The molecule has 0 fully saturated rings. The van der Waals surface area contributed by atoms with E-state index in [4.69, 9.17) is 4.74 Å². The van der Waals surface area contributed by atoms with Crippen LogP contribution in [0.4, 0.5) is 0 Å². The van der Waals surface area contributed by atoms with Crippen LogP contribution in [-0.2, 0) is 22.6 Å². The summed E-state index contributed by atoms with van der Waals surface area (Å²) in [6, 6.07) is 0. The summed E-state index contributed by atoms with van der Waals surface area (Å²) in [5.74, 6) is 0.880. The Morgan fingerprint density at radius 3 is 3.06 bits per heavy atom. The number of methoxy groups -OCH3 is 1. The number of hydrogen-bond acceptors (Lipinski definition) is 4. The van der Waals surface area contributed by atoms with Crippen LogP contribution in [-0.4, -0.2) is 42.3 Å². The van der Waals surface area contributed by atoms with Crippen LogP contribution in [0.5, 0.6) is 0 Å². The van der Waals surface area contributed by atoms with Crippen molar-refractivity contribution in [3.63, 3.8) is 0 Å². The Kier molecular flexibility index (Phi) is 7.05. The maximum atomic E-state index is 11.6. The van der Waals surface area contributed by atoms with Gasteiger partial charge in [-0.15, -0.1) is 0 Å². The minimum absolute atomic E-state index is 0.0213. The quantitative estimate of drug-likeness (QED) is 0.615. The number of carbonyl (C=O) groups is 1. The highest BCUT2D eigenvalue weighted by Crippen LogP contribution is 1.97. The highest BCUT2D eigenvalue weighted by molar-refractivity contribution is 5.75. The van der Waals surface area contributed by atoms with Crippen LogP contribution in [0.3, 0.4) is 0 Å². The first kappa shape index (κ1) is 14.7. The molecular weight excluding hydrogens is 232 g/mol. The predicted octanol–water partition coefficient (Wildman–Crippen LogP) is 0.145. The number of amides is 1. The van der Waals surface area contributed by atoms with E-state index in [1.807, 2.05) is 17.7 Å². The molecule has 18 heavy (non-hydrogen) atoms. The van der Waals surface area contributed by atoms with Crippen LogP contribution in [0.15, 0.2) is 12.4 Å². The zero-order valence-corrected chi connectivity index (χ0v) is 11.1. The summed E-state index contributed by atoms with van der Waals surface area (Å²) in [4.78, 5) is 15.8. The van der Waals surface area contributed by atoms with Gasteiger partial charge in [0.05, 0.1) is 13.2 Å². The topological polar surface area (TPSA) is 68.2 Å². The predicted molar refractivity (Wildman–Crippen MR) is 69.1 cm³/mol. The zero-order valence-electron chi connectivity index (χ0n) is 11.1. The van der Waals surface area contributed by atoms with Gasteiger partial charge in [0.15, 0.2) is 0 Å². The van der Waals surface area contributed by atoms with E-state index in [1.165, 1.54) is 0 Å². The van der Waals surface area contributed by atoms with E-state index < -0.39 is 0 Å². The SMILES string of the molecule is CCCNC(=O)Cn1ccnc1CNCCOC. The maximum absolute atomic E-state index is 11.6. The summed E-state index contributed by atoms with van der Waals surface area (Å²) in [5, 5.41) is 6.05.